The molecule has 0 radical (unpaired) electrons. The van der Waals surface area contributed by atoms with Gasteiger partial charge in [0.25, 0.3) is 0 Å². The number of ether oxygens (including phenoxy) is 2. The van der Waals surface area contributed by atoms with Crippen molar-refractivity contribution >= 4 is 5.97 Å². The summed E-state index contributed by atoms with van der Waals surface area (Å²) in [4.78, 5) is 11.0. The third-order valence-corrected chi connectivity index (χ3v) is 2.98. The van der Waals surface area contributed by atoms with E-state index < -0.39 is 11.9 Å². The van der Waals surface area contributed by atoms with Gasteiger partial charge in [0.2, 0.25) is 0 Å². The molecule has 1 saturated heterocycles. The van der Waals surface area contributed by atoms with E-state index in [4.69, 9.17) is 20.3 Å². The van der Waals surface area contributed by atoms with Crippen molar-refractivity contribution in [2.24, 2.45) is 5.73 Å². The van der Waals surface area contributed by atoms with Crippen LogP contribution in [0.25, 0.3) is 0 Å². The van der Waals surface area contributed by atoms with E-state index in [2.05, 4.69) is 0 Å². The molecule has 1 aromatic carbocycles. The standard InChI is InChI=1S/C13H17NO4/c14-7-12(13(15)16)9-2-1-3-10(6-9)18-11-4-5-17-8-11/h1-3,6,11-12H,4-5,7-8,14H2,(H,15,16). The van der Waals surface area contributed by atoms with E-state index in [1.165, 1.54) is 0 Å². The van der Waals surface area contributed by atoms with Gasteiger partial charge in [-0.25, -0.2) is 0 Å². The normalized spacial score (nSPS) is 20.6. The Labute approximate surface area is 106 Å². The molecule has 2 rings (SSSR count). The van der Waals surface area contributed by atoms with Crippen LogP contribution in [0.15, 0.2) is 24.3 Å². The summed E-state index contributed by atoms with van der Waals surface area (Å²) < 4.78 is 11.0. The van der Waals surface area contributed by atoms with Gasteiger partial charge in [-0.15, -0.1) is 0 Å². The number of aliphatic carboxylic acids is 1. The predicted octanol–water partition coefficient (Wildman–Crippen LogP) is 0.981. The summed E-state index contributed by atoms with van der Waals surface area (Å²) in [5.41, 5.74) is 6.15. The van der Waals surface area contributed by atoms with E-state index >= 15 is 0 Å². The second-order valence-corrected chi connectivity index (χ2v) is 4.30. The molecule has 1 fully saturated rings. The molecule has 0 saturated carbocycles. The minimum atomic E-state index is -0.918. The lowest BCUT2D eigenvalue weighted by Crippen LogP contribution is -2.21. The zero-order valence-corrected chi connectivity index (χ0v) is 10.0. The lowest BCUT2D eigenvalue weighted by Gasteiger charge is -2.15. The molecule has 0 amide bonds. The summed E-state index contributed by atoms with van der Waals surface area (Å²) in [5, 5.41) is 9.06. The maximum Gasteiger partial charge on any atom is 0.312 e. The van der Waals surface area contributed by atoms with Crippen LogP contribution in [-0.2, 0) is 9.53 Å². The molecule has 0 spiro atoms. The highest BCUT2D eigenvalue weighted by Crippen LogP contribution is 2.23. The van der Waals surface area contributed by atoms with Gasteiger partial charge in [0.05, 0.1) is 19.1 Å². The highest BCUT2D eigenvalue weighted by Gasteiger charge is 2.20. The minimum absolute atomic E-state index is 0.0569. The number of benzene rings is 1. The van der Waals surface area contributed by atoms with Crippen LogP contribution in [0, 0.1) is 0 Å². The van der Waals surface area contributed by atoms with Gasteiger partial charge in [0, 0.05) is 13.0 Å². The van der Waals surface area contributed by atoms with Crippen molar-refractivity contribution in [1.82, 2.24) is 0 Å². The van der Waals surface area contributed by atoms with Gasteiger partial charge in [-0.3, -0.25) is 4.79 Å². The van der Waals surface area contributed by atoms with Crippen LogP contribution < -0.4 is 10.5 Å². The van der Waals surface area contributed by atoms with Crippen molar-refractivity contribution in [3.05, 3.63) is 29.8 Å². The highest BCUT2D eigenvalue weighted by molar-refractivity contribution is 5.76. The first-order chi connectivity index (χ1) is 8.70. The zero-order valence-electron chi connectivity index (χ0n) is 10.0. The molecular weight excluding hydrogens is 234 g/mol. The van der Waals surface area contributed by atoms with Crippen LogP contribution in [0.2, 0.25) is 0 Å². The van der Waals surface area contributed by atoms with E-state index in [1.54, 1.807) is 18.2 Å². The molecule has 5 nitrogen and oxygen atoms in total. The van der Waals surface area contributed by atoms with Gasteiger partial charge in [-0.2, -0.15) is 0 Å². The number of carboxylic acid groups (broad SMARTS) is 1. The topological polar surface area (TPSA) is 81.8 Å². The van der Waals surface area contributed by atoms with Gasteiger partial charge in [0.1, 0.15) is 11.9 Å². The van der Waals surface area contributed by atoms with Crippen molar-refractivity contribution in [1.29, 1.82) is 0 Å². The smallest absolute Gasteiger partial charge is 0.312 e. The molecule has 0 aliphatic carbocycles. The average molecular weight is 251 g/mol. The molecule has 2 atom stereocenters. The molecule has 1 aliphatic rings. The zero-order chi connectivity index (χ0) is 13.0. The van der Waals surface area contributed by atoms with Gasteiger partial charge in [-0.1, -0.05) is 12.1 Å². The summed E-state index contributed by atoms with van der Waals surface area (Å²) in [6.45, 7) is 1.37. The summed E-state index contributed by atoms with van der Waals surface area (Å²) >= 11 is 0. The quantitative estimate of drug-likeness (QED) is 0.815. The van der Waals surface area contributed by atoms with Crippen molar-refractivity contribution in [2.45, 2.75) is 18.4 Å². The maximum atomic E-state index is 11.0. The minimum Gasteiger partial charge on any atom is -0.488 e. The van der Waals surface area contributed by atoms with Gasteiger partial charge in [0.15, 0.2) is 0 Å². The predicted molar refractivity (Wildman–Crippen MR) is 65.7 cm³/mol. The van der Waals surface area contributed by atoms with E-state index in [9.17, 15) is 4.79 Å². The molecular formula is C13H17NO4. The molecule has 0 bridgehead atoms. The molecule has 1 aromatic rings. The lowest BCUT2D eigenvalue weighted by atomic mass is 9.99. The summed E-state index contributed by atoms with van der Waals surface area (Å²) in [7, 11) is 0. The maximum absolute atomic E-state index is 11.0. The van der Waals surface area contributed by atoms with Crippen molar-refractivity contribution < 1.29 is 19.4 Å². The van der Waals surface area contributed by atoms with Crippen molar-refractivity contribution in [3.8, 4) is 5.75 Å². The molecule has 3 N–H and O–H groups in total. The first-order valence-corrected chi connectivity index (χ1v) is 5.98. The Hall–Kier alpha value is -1.59. The van der Waals surface area contributed by atoms with Crippen LogP contribution in [0.4, 0.5) is 0 Å². The molecule has 1 aliphatic heterocycles. The molecule has 2 unspecified atom stereocenters. The summed E-state index contributed by atoms with van der Waals surface area (Å²) in [6, 6.07) is 7.09. The third-order valence-electron chi connectivity index (χ3n) is 2.98. The Bertz CT molecular complexity index is 415. The Morgan fingerprint density at radius 2 is 2.44 bits per heavy atom. The van der Waals surface area contributed by atoms with E-state index in [0.717, 1.165) is 6.42 Å². The van der Waals surface area contributed by atoms with Gasteiger partial charge in [-0.05, 0) is 17.7 Å². The number of hydrogen-bond donors (Lipinski definition) is 2. The van der Waals surface area contributed by atoms with Gasteiger partial charge < -0.3 is 20.3 Å². The van der Waals surface area contributed by atoms with Crippen LogP contribution in [0.1, 0.15) is 17.9 Å². The fourth-order valence-corrected chi connectivity index (χ4v) is 1.98. The first-order valence-electron chi connectivity index (χ1n) is 5.98. The summed E-state index contributed by atoms with van der Waals surface area (Å²) in [5.74, 6) is -0.935. The number of rotatable bonds is 5. The van der Waals surface area contributed by atoms with Crippen LogP contribution >= 0.6 is 0 Å². The Morgan fingerprint density at radius 3 is 3.06 bits per heavy atom. The number of carbonyl (C=O) groups is 1. The fraction of sp³-hybridized carbons (Fsp3) is 0.462. The Morgan fingerprint density at radius 1 is 1.61 bits per heavy atom. The van der Waals surface area contributed by atoms with Gasteiger partial charge >= 0.3 is 5.97 Å². The Balaban J connectivity index is 2.10. The molecule has 98 valence electrons. The number of carboxylic acids is 1. The third kappa shape index (κ3) is 3.00. The second kappa shape index (κ2) is 5.84. The largest absolute Gasteiger partial charge is 0.488 e. The van der Waals surface area contributed by atoms with E-state index in [1.807, 2.05) is 6.07 Å². The monoisotopic (exact) mass is 251 g/mol. The van der Waals surface area contributed by atoms with Crippen LogP contribution in [0.3, 0.4) is 0 Å². The second-order valence-electron chi connectivity index (χ2n) is 4.30. The van der Waals surface area contributed by atoms with Crippen LogP contribution in [-0.4, -0.2) is 36.9 Å². The first kappa shape index (κ1) is 12.9. The number of nitrogens with two attached hydrogens (primary N) is 1. The highest BCUT2D eigenvalue weighted by atomic mass is 16.5. The molecule has 1 heterocycles. The SMILES string of the molecule is NCC(C(=O)O)c1cccc(OC2CCOC2)c1. The summed E-state index contributed by atoms with van der Waals surface area (Å²) in [6.07, 6.45) is 0.921. The van der Waals surface area contributed by atoms with Crippen molar-refractivity contribution in [3.63, 3.8) is 0 Å². The molecule has 5 heteroatoms. The lowest BCUT2D eigenvalue weighted by molar-refractivity contribution is -0.138. The average Bonchev–Trinajstić information content (AvgIpc) is 2.83. The fourth-order valence-electron chi connectivity index (χ4n) is 1.98. The Kier molecular flexibility index (Phi) is 4.17. The molecule has 18 heavy (non-hydrogen) atoms. The number of hydrogen-bond acceptors (Lipinski definition) is 4. The van der Waals surface area contributed by atoms with Crippen LogP contribution in [0.5, 0.6) is 5.75 Å². The van der Waals surface area contributed by atoms with E-state index in [-0.39, 0.29) is 12.6 Å². The van der Waals surface area contributed by atoms with E-state index in [0.29, 0.717) is 24.5 Å². The van der Waals surface area contributed by atoms with Crippen molar-refractivity contribution in [2.75, 3.05) is 19.8 Å². The molecule has 0 aromatic heterocycles.